The van der Waals surface area contributed by atoms with Crippen molar-refractivity contribution in [2.75, 3.05) is 24.8 Å². The van der Waals surface area contributed by atoms with E-state index in [4.69, 9.17) is 4.74 Å². The molecule has 0 saturated carbocycles. The van der Waals surface area contributed by atoms with Gasteiger partial charge in [-0.1, -0.05) is 13.3 Å². The Morgan fingerprint density at radius 1 is 1.36 bits per heavy atom. The van der Waals surface area contributed by atoms with Gasteiger partial charge in [-0.05, 0) is 25.0 Å². The van der Waals surface area contributed by atoms with E-state index in [1.807, 2.05) is 6.92 Å². The second-order valence-corrected chi connectivity index (χ2v) is 4.13. The molecule has 0 amide bonds. The van der Waals surface area contributed by atoms with Crippen molar-refractivity contribution in [3.63, 3.8) is 0 Å². The molecule has 0 fully saturated rings. The third-order valence-electron chi connectivity index (χ3n) is 1.61. The van der Waals surface area contributed by atoms with Gasteiger partial charge in [0.25, 0.3) is 0 Å². The molecular formula is C10H19FO2S. The van der Waals surface area contributed by atoms with E-state index in [0.717, 1.165) is 25.0 Å². The summed E-state index contributed by atoms with van der Waals surface area (Å²) in [5.41, 5.74) is 0. The van der Waals surface area contributed by atoms with Gasteiger partial charge < -0.3 is 4.74 Å². The maximum Gasteiger partial charge on any atom is 0.315 e. The fraction of sp³-hybridized carbons (Fsp3) is 0.900. The molecule has 0 radical (unpaired) electrons. The quantitative estimate of drug-likeness (QED) is 0.443. The standard InChI is InChI=1S/C10H19FO2S/c1-2-7-13-10(12)9-14-8-5-3-4-6-11/h2-9H2,1H3. The zero-order valence-corrected chi connectivity index (χ0v) is 9.58. The third kappa shape index (κ3) is 9.84. The first kappa shape index (κ1) is 13.8. The number of carbonyl (C=O) groups is 1. The summed E-state index contributed by atoms with van der Waals surface area (Å²) < 4.78 is 16.6. The lowest BCUT2D eigenvalue weighted by atomic mass is 10.3. The molecule has 4 heteroatoms. The Balaban J connectivity index is 3.07. The largest absolute Gasteiger partial charge is 0.465 e. The molecule has 0 aliphatic heterocycles. The Kier molecular flexibility index (Phi) is 10.6. The van der Waals surface area contributed by atoms with E-state index in [0.29, 0.717) is 18.8 Å². The van der Waals surface area contributed by atoms with Gasteiger partial charge in [-0.25, -0.2) is 0 Å². The smallest absolute Gasteiger partial charge is 0.315 e. The van der Waals surface area contributed by atoms with E-state index in [1.54, 1.807) is 11.8 Å². The molecule has 0 aromatic heterocycles. The van der Waals surface area contributed by atoms with Gasteiger partial charge in [-0.3, -0.25) is 9.18 Å². The summed E-state index contributed by atoms with van der Waals surface area (Å²) in [6.07, 6.45) is 3.40. The molecule has 0 atom stereocenters. The number of carbonyl (C=O) groups excluding carboxylic acids is 1. The van der Waals surface area contributed by atoms with Crippen LogP contribution < -0.4 is 0 Å². The predicted molar refractivity (Wildman–Crippen MR) is 58.4 cm³/mol. The summed E-state index contributed by atoms with van der Waals surface area (Å²) in [6.45, 7) is 2.25. The minimum Gasteiger partial charge on any atom is -0.465 e. The molecule has 84 valence electrons. The Hall–Kier alpha value is -0.250. The van der Waals surface area contributed by atoms with Crippen LogP contribution >= 0.6 is 11.8 Å². The highest BCUT2D eigenvalue weighted by Gasteiger charge is 2.01. The second kappa shape index (κ2) is 10.8. The van der Waals surface area contributed by atoms with Crippen molar-refractivity contribution in [2.24, 2.45) is 0 Å². The number of hydrogen-bond acceptors (Lipinski definition) is 3. The van der Waals surface area contributed by atoms with Crippen molar-refractivity contribution in [2.45, 2.75) is 32.6 Å². The van der Waals surface area contributed by atoms with Crippen LogP contribution in [0.3, 0.4) is 0 Å². The molecule has 0 rings (SSSR count). The van der Waals surface area contributed by atoms with Crippen molar-refractivity contribution >= 4 is 17.7 Å². The van der Waals surface area contributed by atoms with Crippen LogP contribution in [0.2, 0.25) is 0 Å². The molecule has 0 heterocycles. The summed E-state index contributed by atoms with van der Waals surface area (Å²) in [5.74, 6) is 1.21. The first-order chi connectivity index (χ1) is 6.81. The van der Waals surface area contributed by atoms with Crippen LogP contribution in [0.25, 0.3) is 0 Å². The molecular weight excluding hydrogens is 203 g/mol. The van der Waals surface area contributed by atoms with Crippen molar-refractivity contribution in [3.05, 3.63) is 0 Å². The molecule has 0 N–H and O–H groups in total. The van der Waals surface area contributed by atoms with Gasteiger partial charge in [0.05, 0.1) is 19.0 Å². The number of halogens is 1. The Morgan fingerprint density at radius 2 is 2.14 bits per heavy atom. The average Bonchev–Trinajstić information content (AvgIpc) is 2.20. The number of unbranched alkanes of at least 4 members (excludes halogenated alkanes) is 2. The normalized spacial score (nSPS) is 10.1. The van der Waals surface area contributed by atoms with Crippen molar-refractivity contribution in [3.8, 4) is 0 Å². The molecule has 0 unspecified atom stereocenters. The molecule has 0 aliphatic rings. The number of ether oxygens (including phenoxy) is 1. The van der Waals surface area contributed by atoms with Crippen LogP contribution in [-0.4, -0.2) is 30.8 Å². The van der Waals surface area contributed by atoms with Gasteiger partial charge in [0, 0.05) is 0 Å². The Labute approximate surface area is 89.6 Å². The number of hydrogen-bond donors (Lipinski definition) is 0. The predicted octanol–water partition coefficient (Wildman–Crippen LogP) is 2.81. The monoisotopic (exact) mass is 222 g/mol. The maximum atomic E-state index is 11.7. The van der Waals surface area contributed by atoms with Gasteiger partial charge in [-0.15, -0.1) is 0 Å². The van der Waals surface area contributed by atoms with E-state index in [-0.39, 0.29) is 12.6 Å². The second-order valence-electron chi connectivity index (χ2n) is 3.02. The molecule has 0 aromatic rings. The first-order valence-electron chi connectivity index (χ1n) is 5.10. The van der Waals surface area contributed by atoms with Crippen molar-refractivity contribution in [1.29, 1.82) is 0 Å². The minimum atomic E-state index is -0.233. The minimum absolute atomic E-state index is 0.137. The summed E-state index contributed by atoms with van der Waals surface area (Å²) in [5, 5.41) is 0. The molecule has 0 spiro atoms. The van der Waals surface area contributed by atoms with Crippen LogP contribution in [0.5, 0.6) is 0 Å². The number of thioether (sulfide) groups is 1. The molecule has 14 heavy (non-hydrogen) atoms. The van der Waals surface area contributed by atoms with Crippen LogP contribution in [0.1, 0.15) is 32.6 Å². The van der Waals surface area contributed by atoms with E-state index in [1.165, 1.54) is 0 Å². The van der Waals surface area contributed by atoms with Gasteiger partial charge >= 0.3 is 5.97 Å². The third-order valence-corrected chi connectivity index (χ3v) is 2.63. The average molecular weight is 222 g/mol. The lowest BCUT2D eigenvalue weighted by Gasteiger charge is -2.02. The Bertz CT molecular complexity index is 142. The van der Waals surface area contributed by atoms with E-state index < -0.39 is 0 Å². The Morgan fingerprint density at radius 3 is 2.79 bits per heavy atom. The zero-order chi connectivity index (χ0) is 10.6. The fourth-order valence-electron chi connectivity index (χ4n) is 0.888. The molecule has 2 nitrogen and oxygen atoms in total. The molecule has 0 aliphatic carbocycles. The topological polar surface area (TPSA) is 26.3 Å². The summed E-state index contributed by atoms with van der Waals surface area (Å²) >= 11 is 1.57. The highest BCUT2D eigenvalue weighted by atomic mass is 32.2. The molecule has 0 bridgehead atoms. The van der Waals surface area contributed by atoms with Crippen LogP contribution in [0.15, 0.2) is 0 Å². The van der Waals surface area contributed by atoms with Crippen LogP contribution in [0, 0.1) is 0 Å². The fourth-order valence-corrected chi connectivity index (χ4v) is 1.69. The summed E-state index contributed by atoms with van der Waals surface area (Å²) in [4.78, 5) is 11.0. The van der Waals surface area contributed by atoms with Crippen molar-refractivity contribution < 1.29 is 13.9 Å². The van der Waals surface area contributed by atoms with E-state index in [9.17, 15) is 9.18 Å². The zero-order valence-electron chi connectivity index (χ0n) is 8.76. The SMILES string of the molecule is CCCOC(=O)CSCCCCCF. The number of alkyl halides is 1. The number of rotatable bonds is 9. The van der Waals surface area contributed by atoms with Gasteiger partial charge in [0.2, 0.25) is 0 Å². The molecule has 0 aromatic carbocycles. The summed E-state index contributed by atoms with van der Waals surface area (Å²) in [7, 11) is 0. The van der Waals surface area contributed by atoms with Crippen molar-refractivity contribution in [1.82, 2.24) is 0 Å². The van der Waals surface area contributed by atoms with Crippen LogP contribution in [0.4, 0.5) is 4.39 Å². The lowest BCUT2D eigenvalue weighted by Crippen LogP contribution is -2.08. The van der Waals surface area contributed by atoms with Gasteiger partial charge in [0.1, 0.15) is 0 Å². The first-order valence-corrected chi connectivity index (χ1v) is 6.26. The van der Waals surface area contributed by atoms with Gasteiger partial charge in [0.15, 0.2) is 0 Å². The highest BCUT2D eigenvalue weighted by molar-refractivity contribution is 7.99. The van der Waals surface area contributed by atoms with Crippen LogP contribution in [-0.2, 0) is 9.53 Å². The summed E-state index contributed by atoms with van der Waals surface area (Å²) in [6, 6.07) is 0. The highest BCUT2D eigenvalue weighted by Crippen LogP contribution is 2.06. The van der Waals surface area contributed by atoms with Gasteiger partial charge in [-0.2, -0.15) is 11.8 Å². The van der Waals surface area contributed by atoms with E-state index in [2.05, 4.69) is 0 Å². The van der Waals surface area contributed by atoms with E-state index >= 15 is 0 Å². The lowest BCUT2D eigenvalue weighted by molar-refractivity contribution is -0.140. The maximum absolute atomic E-state index is 11.7. The number of esters is 1. The molecule has 0 saturated heterocycles.